The molecule has 0 aromatic carbocycles. The topological polar surface area (TPSA) is 43.2 Å². The zero-order valence-electron chi connectivity index (χ0n) is 11.1. The van der Waals surface area contributed by atoms with E-state index in [-0.39, 0.29) is 0 Å². The number of likely N-dealkylation sites (N-methyl/N-ethyl adjacent to an activating group) is 1. The van der Waals surface area contributed by atoms with Gasteiger partial charge in [0.05, 0.1) is 10.7 Å². The second-order valence-corrected chi connectivity index (χ2v) is 5.83. The molecular formula is C13H20N4S. The first-order valence-corrected chi connectivity index (χ1v) is 7.34. The first-order chi connectivity index (χ1) is 8.72. The minimum Gasteiger partial charge on any atom is -0.304 e. The molecule has 0 unspecified atom stereocenters. The van der Waals surface area contributed by atoms with E-state index in [0.717, 1.165) is 61.1 Å². The van der Waals surface area contributed by atoms with Gasteiger partial charge in [0.2, 0.25) is 0 Å². The van der Waals surface area contributed by atoms with E-state index in [1.165, 1.54) is 0 Å². The molecule has 4 nitrogen and oxygen atoms in total. The Kier molecular flexibility index (Phi) is 4.70. The summed E-state index contributed by atoms with van der Waals surface area (Å²) in [6, 6.07) is 2.25. The molecule has 1 saturated heterocycles. The van der Waals surface area contributed by atoms with Crippen LogP contribution < -0.4 is 0 Å². The minimum atomic E-state index is 0.797. The van der Waals surface area contributed by atoms with Crippen molar-refractivity contribution in [2.75, 3.05) is 39.8 Å². The maximum Gasteiger partial charge on any atom is 0.128 e. The van der Waals surface area contributed by atoms with E-state index >= 15 is 0 Å². The van der Waals surface area contributed by atoms with Crippen molar-refractivity contribution in [3.8, 4) is 6.07 Å². The third-order valence-electron chi connectivity index (χ3n) is 3.42. The molecule has 0 aliphatic carbocycles. The average molecular weight is 264 g/mol. The van der Waals surface area contributed by atoms with Crippen LogP contribution in [0.4, 0.5) is 0 Å². The highest BCUT2D eigenvalue weighted by Crippen LogP contribution is 2.19. The molecule has 1 aliphatic heterocycles. The Morgan fingerprint density at radius 3 is 2.61 bits per heavy atom. The first-order valence-electron chi connectivity index (χ1n) is 6.52. The van der Waals surface area contributed by atoms with Crippen LogP contribution in [0.1, 0.15) is 22.5 Å². The molecule has 0 amide bonds. The van der Waals surface area contributed by atoms with Gasteiger partial charge in [-0.25, -0.2) is 4.98 Å². The summed E-state index contributed by atoms with van der Waals surface area (Å²) < 4.78 is 0. The van der Waals surface area contributed by atoms with Crippen LogP contribution >= 0.6 is 11.3 Å². The largest absolute Gasteiger partial charge is 0.304 e. The molecule has 18 heavy (non-hydrogen) atoms. The molecule has 0 bridgehead atoms. The van der Waals surface area contributed by atoms with Gasteiger partial charge in [-0.3, -0.25) is 0 Å². The summed E-state index contributed by atoms with van der Waals surface area (Å²) in [5, 5.41) is 10.1. The number of nitrogens with zero attached hydrogens (tertiary/aromatic N) is 4. The number of hydrogen-bond acceptors (Lipinski definition) is 5. The predicted octanol–water partition coefficient (Wildman–Crippen LogP) is 1.37. The standard InChI is InChI=1S/C13H20N4S/c1-3-11-12(10-14)18-13(15-11)4-5-17-8-6-16(2)7-9-17/h3-9H2,1-2H3. The van der Waals surface area contributed by atoms with Gasteiger partial charge in [0, 0.05) is 39.1 Å². The molecule has 2 heterocycles. The maximum atomic E-state index is 9.01. The van der Waals surface area contributed by atoms with Crippen molar-refractivity contribution >= 4 is 11.3 Å². The minimum absolute atomic E-state index is 0.797. The molecule has 1 aliphatic rings. The van der Waals surface area contributed by atoms with Crippen LogP contribution in [0, 0.1) is 11.3 Å². The fourth-order valence-electron chi connectivity index (χ4n) is 2.16. The van der Waals surface area contributed by atoms with Crippen LogP contribution in [0.15, 0.2) is 0 Å². The number of nitriles is 1. The van der Waals surface area contributed by atoms with Crippen LogP contribution in [-0.2, 0) is 12.8 Å². The highest BCUT2D eigenvalue weighted by atomic mass is 32.1. The number of piperazine rings is 1. The lowest BCUT2D eigenvalue weighted by molar-refractivity contribution is 0.155. The Hall–Kier alpha value is -0.960. The number of aryl methyl sites for hydroxylation is 1. The summed E-state index contributed by atoms with van der Waals surface area (Å²) in [5.41, 5.74) is 0.968. The summed E-state index contributed by atoms with van der Waals surface area (Å²) >= 11 is 1.56. The molecule has 1 aromatic heterocycles. The Balaban J connectivity index is 1.87. The first kappa shape index (κ1) is 13.5. The van der Waals surface area contributed by atoms with E-state index in [0.29, 0.717) is 0 Å². The monoisotopic (exact) mass is 264 g/mol. The van der Waals surface area contributed by atoms with Gasteiger partial charge in [-0.2, -0.15) is 5.26 Å². The Morgan fingerprint density at radius 1 is 1.33 bits per heavy atom. The summed E-state index contributed by atoms with van der Waals surface area (Å²) in [6.07, 6.45) is 1.83. The van der Waals surface area contributed by atoms with Crippen LogP contribution in [0.2, 0.25) is 0 Å². The van der Waals surface area contributed by atoms with E-state index in [9.17, 15) is 0 Å². The average Bonchev–Trinajstić information content (AvgIpc) is 2.80. The SMILES string of the molecule is CCc1nc(CCN2CCN(C)CC2)sc1C#N. The van der Waals surface area contributed by atoms with Gasteiger partial charge < -0.3 is 9.80 Å². The summed E-state index contributed by atoms with van der Waals surface area (Å²) in [4.78, 5) is 10.2. The van der Waals surface area contributed by atoms with Crippen molar-refractivity contribution in [1.29, 1.82) is 5.26 Å². The molecule has 5 heteroatoms. The smallest absolute Gasteiger partial charge is 0.128 e. The molecule has 1 fully saturated rings. The van der Waals surface area contributed by atoms with Crippen molar-refractivity contribution in [3.05, 3.63) is 15.6 Å². The molecule has 0 atom stereocenters. The lowest BCUT2D eigenvalue weighted by atomic mass is 10.3. The molecule has 0 spiro atoms. The van der Waals surface area contributed by atoms with Crippen LogP contribution in [0.5, 0.6) is 0 Å². The normalized spacial score (nSPS) is 17.8. The summed E-state index contributed by atoms with van der Waals surface area (Å²) in [5.74, 6) is 0. The van der Waals surface area contributed by atoms with E-state index < -0.39 is 0 Å². The Labute approximate surface area is 113 Å². The molecule has 1 aromatic rings. The van der Waals surface area contributed by atoms with Crippen LogP contribution in [-0.4, -0.2) is 54.6 Å². The summed E-state index contributed by atoms with van der Waals surface area (Å²) in [7, 11) is 2.17. The molecular weight excluding hydrogens is 244 g/mol. The van der Waals surface area contributed by atoms with Crippen LogP contribution in [0.3, 0.4) is 0 Å². The molecule has 98 valence electrons. The van der Waals surface area contributed by atoms with Gasteiger partial charge in [-0.15, -0.1) is 11.3 Å². The van der Waals surface area contributed by atoms with E-state index in [1.807, 2.05) is 0 Å². The highest BCUT2D eigenvalue weighted by molar-refractivity contribution is 7.12. The van der Waals surface area contributed by atoms with Crippen molar-refractivity contribution in [2.24, 2.45) is 0 Å². The number of rotatable bonds is 4. The van der Waals surface area contributed by atoms with Crippen molar-refractivity contribution in [2.45, 2.75) is 19.8 Å². The third kappa shape index (κ3) is 3.29. The fourth-order valence-corrected chi connectivity index (χ4v) is 3.10. The maximum absolute atomic E-state index is 9.01. The molecule has 0 radical (unpaired) electrons. The van der Waals surface area contributed by atoms with Gasteiger partial charge in [0.1, 0.15) is 10.9 Å². The van der Waals surface area contributed by atoms with E-state index in [1.54, 1.807) is 11.3 Å². The van der Waals surface area contributed by atoms with Gasteiger partial charge in [-0.1, -0.05) is 6.92 Å². The number of aromatic nitrogens is 1. The summed E-state index contributed by atoms with van der Waals surface area (Å²) in [6.45, 7) is 7.72. The van der Waals surface area contributed by atoms with Crippen molar-refractivity contribution < 1.29 is 0 Å². The van der Waals surface area contributed by atoms with E-state index in [4.69, 9.17) is 5.26 Å². The fraction of sp³-hybridized carbons (Fsp3) is 0.692. The van der Waals surface area contributed by atoms with E-state index in [2.05, 4.69) is 34.8 Å². The van der Waals surface area contributed by atoms with Gasteiger partial charge in [0.25, 0.3) is 0 Å². The van der Waals surface area contributed by atoms with Crippen molar-refractivity contribution in [3.63, 3.8) is 0 Å². The second-order valence-electron chi connectivity index (χ2n) is 4.74. The lowest BCUT2D eigenvalue weighted by Crippen LogP contribution is -2.45. The van der Waals surface area contributed by atoms with Gasteiger partial charge >= 0.3 is 0 Å². The Bertz CT molecular complexity index is 427. The van der Waals surface area contributed by atoms with Gasteiger partial charge in [-0.05, 0) is 13.5 Å². The Morgan fingerprint density at radius 2 is 2.06 bits per heavy atom. The zero-order valence-corrected chi connectivity index (χ0v) is 12.0. The van der Waals surface area contributed by atoms with Crippen LogP contribution in [0.25, 0.3) is 0 Å². The molecule has 0 saturated carbocycles. The zero-order chi connectivity index (χ0) is 13.0. The second kappa shape index (κ2) is 6.28. The molecule has 0 N–H and O–H groups in total. The lowest BCUT2D eigenvalue weighted by Gasteiger charge is -2.32. The highest BCUT2D eigenvalue weighted by Gasteiger charge is 2.15. The quantitative estimate of drug-likeness (QED) is 0.824. The van der Waals surface area contributed by atoms with Crippen molar-refractivity contribution in [1.82, 2.24) is 14.8 Å². The molecule has 2 rings (SSSR count). The number of hydrogen-bond donors (Lipinski definition) is 0. The predicted molar refractivity (Wildman–Crippen MR) is 73.8 cm³/mol. The number of thiazole rings is 1. The third-order valence-corrected chi connectivity index (χ3v) is 4.48. The van der Waals surface area contributed by atoms with Gasteiger partial charge in [0.15, 0.2) is 0 Å².